The number of thiazole rings is 1. The normalized spacial score (nSPS) is 11.2. The molecular formula is C15H9Cl3N6S. The first-order valence-electron chi connectivity index (χ1n) is 7.07. The lowest BCUT2D eigenvalue weighted by Gasteiger charge is -2.03. The molecule has 0 radical (unpaired) electrons. The zero-order valence-corrected chi connectivity index (χ0v) is 15.7. The lowest BCUT2D eigenvalue weighted by Crippen LogP contribution is -1.99. The van der Waals surface area contributed by atoms with Gasteiger partial charge in [0.1, 0.15) is 5.82 Å². The van der Waals surface area contributed by atoms with Crippen molar-refractivity contribution in [3.63, 3.8) is 0 Å². The molecule has 3 heterocycles. The van der Waals surface area contributed by atoms with Gasteiger partial charge in [-0.1, -0.05) is 23.2 Å². The van der Waals surface area contributed by atoms with Crippen LogP contribution in [0.2, 0.25) is 15.3 Å². The van der Waals surface area contributed by atoms with Gasteiger partial charge in [-0.2, -0.15) is 4.98 Å². The lowest BCUT2D eigenvalue weighted by molar-refractivity contribution is 0.985. The van der Waals surface area contributed by atoms with Crippen LogP contribution in [0.4, 0.5) is 11.8 Å². The number of halogens is 3. The molecule has 4 aromatic rings. The predicted molar refractivity (Wildman–Crippen MR) is 101 cm³/mol. The van der Waals surface area contributed by atoms with E-state index in [4.69, 9.17) is 34.8 Å². The maximum absolute atomic E-state index is 6.30. The van der Waals surface area contributed by atoms with Gasteiger partial charge in [0, 0.05) is 27.7 Å². The van der Waals surface area contributed by atoms with Gasteiger partial charge >= 0.3 is 0 Å². The van der Waals surface area contributed by atoms with Gasteiger partial charge in [0.05, 0.1) is 10.7 Å². The summed E-state index contributed by atoms with van der Waals surface area (Å²) in [6.45, 7) is 1.83. The van der Waals surface area contributed by atoms with Gasteiger partial charge in [-0.05, 0) is 36.7 Å². The third-order valence-corrected chi connectivity index (χ3v) is 4.90. The molecule has 6 nitrogen and oxygen atoms in total. The van der Waals surface area contributed by atoms with Crippen molar-refractivity contribution in [3.05, 3.63) is 50.7 Å². The SMILES string of the molecule is Cc1cc(Nc2nc3scc(-c4cc(Cl)ccc4Cl)n3n2)nc(Cl)n1. The van der Waals surface area contributed by atoms with Gasteiger partial charge in [-0.15, -0.1) is 16.4 Å². The summed E-state index contributed by atoms with van der Waals surface area (Å²) in [6.07, 6.45) is 0. The molecule has 10 heteroatoms. The fraction of sp³-hybridized carbons (Fsp3) is 0.0667. The van der Waals surface area contributed by atoms with Crippen molar-refractivity contribution in [2.24, 2.45) is 0 Å². The predicted octanol–water partition coefficient (Wildman–Crippen LogP) is 5.26. The van der Waals surface area contributed by atoms with Crippen LogP contribution >= 0.6 is 46.1 Å². The highest BCUT2D eigenvalue weighted by Gasteiger charge is 2.15. The van der Waals surface area contributed by atoms with Crippen LogP contribution in [-0.2, 0) is 0 Å². The van der Waals surface area contributed by atoms with E-state index < -0.39 is 0 Å². The molecule has 0 bridgehead atoms. The third kappa shape index (κ3) is 3.28. The van der Waals surface area contributed by atoms with Gasteiger partial charge in [-0.25, -0.2) is 14.5 Å². The monoisotopic (exact) mass is 410 g/mol. The number of hydrogen-bond acceptors (Lipinski definition) is 6. The summed E-state index contributed by atoms with van der Waals surface area (Å²) in [5.74, 6) is 0.929. The number of aryl methyl sites for hydroxylation is 1. The molecule has 4 rings (SSSR count). The number of hydrogen-bond donors (Lipinski definition) is 1. The fourth-order valence-electron chi connectivity index (χ4n) is 2.32. The standard InChI is InChI=1S/C15H9Cl3N6S/c1-7-4-12(20-13(18)19-7)21-14-22-15-24(23-14)11(6-25-15)9-5-8(16)2-3-10(9)17/h2-6H,1H3,(H,19,20,21,23). The van der Waals surface area contributed by atoms with Crippen molar-refractivity contribution in [2.75, 3.05) is 5.32 Å². The summed E-state index contributed by atoms with van der Waals surface area (Å²) in [6, 6.07) is 7.06. The lowest BCUT2D eigenvalue weighted by atomic mass is 10.2. The average molecular weight is 412 g/mol. The summed E-state index contributed by atoms with van der Waals surface area (Å²) < 4.78 is 1.71. The minimum Gasteiger partial charge on any atom is -0.307 e. The number of rotatable bonds is 3. The molecule has 3 aromatic heterocycles. The van der Waals surface area contributed by atoms with Crippen LogP contribution in [0, 0.1) is 6.92 Å². The van der Waals surface area contributed by atoms with Crippen molar-refractivity contribution in [2.45, 2.75) is 6.92 Å². The number of aromatic nitrogens is 5. The Hall–Kier alpha value is -1.93. The van der Waals surface area contributed by atoms with Gasteiger partial charge in [0.15, 0.2) is 0 Å². The third-order valence-electron chi connectivity index (χ3n) is 3.35. The van der Waals surface area contributed by atoms with E-state index in [-0.39, 0.29) is 5.28 Å². The van der Waals surface area contributed by atoms with E-state index in [1.165, 1.54) is 11.3 Å². The van der Waals surface area contributed by atoms with Crippen LogP contribution in [0.5, 0.6) is 0 Å². The van der Waals surface area contributed by atoms with Crippen LogP contribution in [0.15, 0.2) is 29.6 Å². The molecule has 0 spiro atoms. The molecule has 0 aliphatic carbocycles. The number of nitrogens with one attached hydrogen (secondary N) is 1. The highest BCUT2D eigenvalue weighted by molar-refractivity contribution is 7.15. The molecule has 0 saturated heterocycles. The quantitative estimate of drug-likeness (QED) is 0.466. The molecule has 1 N–H and O–H groups in total. The van der Waals surface area contributed by atoms with E-state index in [0.717, 1.165) is 17.0 Å². The molecule has 25 heavy (non-hydrogen) atoms. The van der Waals surface area contributed by atoms with E-state index >= 15 is 0 Å². The van der Waals surface area contributed by atoms with Gasteiger partial charge in [0.2, 0.25) is 16.2 Å². The van der Waals surface area contributed by atoms with E-state index in [2.05, 4.69) is 25.4 Å². The van der Waals surface area contributed by atoms with Gasteiger partial charge in [0.25, 0.3) is 0 Å². The van der Waals surface area contributed by atoms with Crippen molar-refractivity contribution >= 4 is 62.9 Å². The first kappa shape index (κ1) is 16.5. The van der Waals surface area contributed by atoms with Crippen molar-refractivity contribution < 1.29 is 0 Å². The maximum atomic E-state index is 6.30. The van der Waals surface area contributed by atoms with Crippen LogP contribution in [-0.4, -0.2) is 24.6 Å². The Morgan fingerprint density at radius 3 is 2.72 bits per heavy atom. The van der Waals surface area contributed by atoms with Gasteiger partial charge in [-0.3, -0.25) is 0 Å². The van der Waals surface area contributed by atoms with E-state index in [9.17, 15) is 0 Å². The minimum atomic E-state index is 0.162. The highest BCUT2D eigenvalue weighted by Crippen LogP contribution is 2.33. The molecule has 0 aliphatic heterocycles. The summed E-state index contributed by atoms with van der Waals surface area (Å²) in [7, 11) is 0. The van der Waals surface area contributed by atoms with Crippen LogP contribution in [0.3, 0.4) is 0 Å². The number of anilines is 2. The number of fused-ring (bicyclic) bond motifs is 1. The number of nitrogens with zero attached hydrogens (tertiary/aromatic N) is 5. The molecule has 0 aliphatic rings. The van der Waals surface area contributed by atoms with E-state index in [0.29, 0.717) is 26.8 Å². The molecule has 0 fully saturated rings. The summed E-state index contributed by atoms with van der Waals surface area (Å²) in [4.78, 5) is 13.3. The summed E-state index contributed by atoms with van der Waals surface area (Å²) >= 11 is 19.7. The van der Waals surface area contributed by atoms with E-state index in [1.54, 1.807) is 28.8 Å². The van der Waals surface area contributed by atoms with E-state index in [1.807, 2.05) is 12.3 Å². The first-order valence-corrected chi connectivity index (χ1v) is 9.09. The molecule has 0 amide bonds. The highest BCUT2D eigenvalue weighted by atomic mass is 35.5. The largest absolute Gasteiger partial charge is 0.307 e. The zero-order chi connectivity index (χ0) is 17.6. The topological polar surface area (TPSA) is 68.0 Å². The summed E-state index contributed by atoms with van der Waals surface area (Å²) in [5, 5.41) is 10.8. The van der Waals surface area contributed by atoms with Crippen molar-refractivity contribution in [3.8, 4) is 11.3 Å². The molecule has 1 aromatic carbocycles. The molecule has 126 valence electrons. The Morgan fingerprint density at radius 1 is 1.08 bits per heavy atom. The Bertz CT molecular complexity index is 1070. The summed E-state index contributed by atoms with van der Waals surface area (Å²) in [5.41, 5.74) is 2.35. The second-order valence-electron chi connectivity index (χ2n) is 5.16. The molecule has 0 atom stereocenters. The van der Waals surface area contributed by atoms with Crippen LogP contribution in [0.1, 0.15) is 5.69 Å². The Morgan fingerprint density at radius 2 is 1.92 bits per heavy atom. The molecule has 0 unspecified atom stereocenters. The zero-order valence-electron chi connectivity index (χ0n) is 12.7. The Labute approximate surface area is 161 Å². The first-order chi connectivity index (χ1) is 12.0. The maximum Gasteiger partial charge on any atom is 0.249 e. The van der Waals surface area contributed by atoms with Crippen LogP contribution in [0.25, 0.3) is 16.2 Å². The second kappa shape index (κ2) is 6.42. The second-order valence-corrected chi connectivity index (χ2v) is 7.18. The Kier molecular flexibility index (Phi) is 4.24. The number of benzene rings is 1. The smallest absolute Gasteiger partial charge is 0.249 e. The molecule has 0 saturated carbocycles. The average Bonchev–Trinajstić information content (AvgIpc) is 3.08. The minimum absolute atomic E-state index is 0.162. The van der Waals surface area contributed by atoms with Gasteiger partial charge < -0.3 is 5.32 Å². The Balaban J connectivity index is 1.74. The van der Waals surface area contributed by atoms with Crippen LogP contribution < -0.4 is 5.32 Å². The molecular weight excluding hydrogens is 403 g/mol. The fourth-order valence-corrected chi connectivity index (χ4v) is 3.76. The van der Waals surface area contributed by atoms with Crippen molar-refractivity contribution in [1.82, 2.24) is 24.6 Å². The van der Waals surface area contributed by atoms with Crippen molar-refractivity contribution in [1.29, 1.82) is 0 Å².